The molecule has 0 saturated heterocycles. The van der Waals surface area contributed by atoms with Crippen LogP contribution in [0.5, 0.6) is 0 Å². The maximum atomic E-state index is 10.4. The molecule has 0 aromatic carbocycles. The average molecular weight is 203 g/mol. The summed E-state index contributed by atoms with van der Waals surface area (Å²) in [4.78, 5) is 10.4. The van der Waals surface area contributed by atoms with Crippen molar-refractivity contribution in [2.45, 2.75) is 6.92 Å². The summed E-state index contributed by atoms with van der Waals surface area (Å²) in [6.07, 6.45) is 3.48. The van der Waals surface area contributed by atoms with Crippen LogP contribution in [0.25, 0.3) is 0 Å². The van der Waals surface area contributed by atoms with Gasteiger partial charge in [0.1, 0.15) is 5.92 Å². The molecule has 0 amide bonds. The van der Waals surface area contributed by atoms with Crippen LogP contribution >= 0.6 is 15.9 Å². The summed E-state index contributed by atoms with van der Waals surface area (Å²) in [6.45, 7) is 1.88. The second-order valence-electron chi connectivity index (χ2n) is 2.21. The van der Waals surface area contributed by atoms with Gasteiger partial charge >= 0.3 is 5.97 Å². The van der Waals surface area contributed by atoms with Gasteiger partial charge in [-0.1, -0.05) is 28.1 Å². The third-order valence-corrected chi connectivity index (χ3v) is 2.57. The monoisotopic (exact) mass is 202 g/mol. The van der Waals surface area contributed by atoms with E-state index in [1.54, 1.807) is 6.08 Å². The van der Waals surface area contributed by atoms with Crippen LogP contribution in [0, 0.1) is 5.92 Å². The first-order valence-electron chi connectivity index (χ1n) is 2.90. The zero-order valence-electron chi connectivity index (χ0n) is 5.47. The number of hydrogen-bond donors (Lipinski definition) is 1. The summed E-state index contributed by atoms with van der Waals surface area (Å²) in [5.74, 6) is -1.26. The van der Waals surface area contributed by atoms with E-state index in [-0.39, 0.29) is 0 Å². The molecule has 0 saturated carbocycles. The van der Waals surface area contributed by atoms with Crippen LogP contribution in [-0.4, -0.2) is 11.1 Å². The van der Waals surface area contributed by atoms with Crippen molar-refractivity contribution in [1.29, 1.82) is 0 Å². The van der Waals surface area contributed by atoms with Crippen molar-refractivity contribution in [1.82, 2.24) is 0 Å². The number of hydrogen-bond acceptors (Lipinski definition) is 1. The lowest BCUT2D eigenvalue weighted by Gasteiger charge is -2.00. The first-order chi connectivity index (χ1) is 4.63. The summed E-state index contributed by atoms with van der Waals surface area (Å²) in [7, 11) is 0. The molecule has 1 atom stereocenters. The fourth-order valence-electron chi connectivity index (χ4n) is 0.841. The van der Waals surface area contributed by atoms with Crippen LogP contribution in [0.3, 0.4) is 0 Å². The summed E-state index contributed by atoms with van der Waals surface area (Å²) in [5, 5.41) is 8.59. The van der Waals surface area contributed by atoms with Crippen molar-refractivity contribution in [3.05, 3.63) is 22.2 Å². The number of allylic oxidation sites excluding steroid dienone is 2. The van der Waals surface area contributed by atoms with Crippen LogP contribution in [-0.2, 0) is 4.79 Å². The fourth-order valence-corrected chi connectivity index (χ4v) is 1.32. The zero-order chi connectivity index (χ0) is 7.72. The molecule has 54 valence electrons. The molecule has 0 fully saturated rings. The summed E-state index contributed by atoms with van der Waals surface area (Å²) < 4.78 is 0.764. The normalized spacial score (nSPS) is 24.0. The summed E-state index contributed by atoms with van der Waals surface area (Å²) >= 11 is 3.21. The molecule has 0 aromatic heterocycles. The Labute approximate surface area is 67.4 Å². The molecule has 1 aliphatic carbocycles. The van der Waals surface area contributed by atoms with Gasteiger partial charge in [0.25, 0.3) is 0 Å². The Bertz CT molecular complexity index is 228. The predicted molar refractivity (Wildman–Crippen MR) is 41.9 cm³/mol. The van der Waals surface area contributed by atoms with E-state index in [2.05, 4.69) is 15.9 Å². The number of aliphatic carboxylic acids is 1. The fraction of sp³-hybridized carbons (Fsp3) is 0.286. The molecule has 10 heavy (non-hydrogen) atoms. The lowest BCUT2D eigenvalue weighted by molar-refractivity contribution is -0.138. The van der Waals surface area contributed by atoms with Crippen LogP contribution in [0.15, 0.2) is 22.2 Å². The maximum Gasteiger partial charge on any atom is 0.315 e. The highest BCUT2D eigenvalue weighted by molar-refractivity contribution is 9.11. The first kappa shape index (κ1) is 7.54. The number of carboxylic acid groups (broad SMARTS) is 1. The Hall–Kier alpha value is -0.570. The maximum absolute atomic E-state index is 10.4. The molecular weight excluding hydrogens is 196 g/mol. The van der Waals surface area contributed by atoms with Crippen LogP contribution < -0.4 is 0 Å². The zero-order valence-corrected chi connectivity index (χ0v) is 7.05. The lowest BCUT2D eigenvalue weighted by atomic mass is 10.2. The molecule has 3 heteroatoms. The quantitative estimate of drug-likeness (QED) is 0.706. The van der Waals surface area contributed by atoms with Gasteiger partial charge in [-0.3, -0.25) is 4.79 Å². The van der Waals surface area contributed by atoms with Gasteiger partial charge in [0, 0.05) is 4.48 Å². The third-order valence-electron chi connectivity index (χ3n) is 1.45. The van der Waals surface area contributed by atoms with E-state index >= 15 is 0 Å². The molecule has 0 bridgehead atoms. The molecule has 1 rings (SSSR count). The van der Waals surface area contributed by atoms with E-state index < -0.39 is 11.9 Å². The number of rotatable bonds is 1. The van der Waals surface area contributed by atoms with Crippen LogP contribution in [0.2, 0.25) is 0 Å². The van der Waals surface area contributed by atoms with E-state index in [9.17, 15) is 4.79 Å². The van der Waals surface area contributed by atoms with Crippen molar-refractivity contribution in [3.8, 4) is 0 Å². The Morgan fingerprint density at radius 2 is 2.40 bits per heavy atom. The van der Waals surface area contributed by atoms with Gasteiger partial charge in [-0.25, -0.2) is 0 Å². The molecule has 0 spiro atoms. The largest absolute Gasteiger partial charge is 0.481 e. The third kappa shape index (κ3) is 1.14. The smallest absolute Gasteiger partial charge is 0.315 e. The van der Waals surface area contributed by atoms with E-state index in [1.165, 1.54) is 0 Å². The van der Waals surface area contributed by atoms with E-state index in [0.29, 0.717) is 0 Å². The molecule has 1 N–H and O–H groups in total. The predicted octanol–water partition coefficient (Wildman–Crippen LogP) is 1.93. The Morgan fingerprint density at radius 3 is 2.60 bits per heavy atom. The van der Waals surface area contributed by atoms with Gasteiger partial charge < -0.3 is 5.11 Å². The SMILES string of the molecule is CC1=C(Br)C(C(=O)O)C=C1. The number of carbonyl (C=O) groups is 1. The average Bonchev–Trinajstić information content (AvgIpc) is 2.14. The number of carboxylic acids is 1. The number of halogens is 1. The molecule has 2 nitrogen and oxygen atoms in total. The Balaban J connectivity index is 2.88. The van der Waals surface area contributed by atoms with Gasteiger partial charge in [0.05, 0.1) is 0 Å². The second kappa shape index (κ2) is 2.58. The minimum absolute atomic E-state index is 0.458. The minimum atomic E-state index is -0.806. The molecule has 0 aliphatic heterocycles. The molecule has 0 heterocycles. The van der Waals surface area contributed by atoms with E-state index in [1.807, 2.05) is 13.0 Å². The molecule has 1 aliphatic rings. The highest BCUT2D eigenvalue weighted by Gasteiger charge is 2.22. The second-order valence-corrected chi connectivity index (χ2v) is 3.06. The van der Waals surface area contributed by atoms with Gasteiger partial charge in [-0.2, -0.15) is 0 Å². The van der Waals surface area contributed by atoms with Crippen molar-refractivity contribution < 1.29 is 9.90 Å². The molecule has 0 radical (unpaired) electrons. The molecular formula is C7H7BrO2. The van der Waals surface area contributed by atoms with Gasteiger partial charge in [-0.05, 0) is 12.5 Å². The Kier molecular flexibility index (Phi) is 1.94. The first-order valence-corrected chi connectivity index (χ1v) is 3.69. The summed E-state index contributed by atoms with van der Waals surface area (Å²) in [5.41, 5.74) is 0.993. The van der Waals surface area contributed by atoms with Crippen molar-refractivity contribution >= 4 is 21.9 Å². The molecule has 0 aromatic rings. The summed E-state index contributed by atoms with van der Waals surface area (Å²) in [6, 6.07) is 0. The van der Waals surface area contributed by atoms with Crippen molar-refractivity contribution in [3.63, 3.8) is 0 Å². The highest BCUT2D eigenvalue weighted by Crippen LogP contribution is 2.29. The van der Waals surface area contributed by atoms with Gasteiger partial charge in [0.15, 0.2) is 0 Å². The highest BCUT2D eigenvalue weighted by atomic mass is 79.9. The van der Waals surface area contributed by atoms with Gasteiger partial charge in [-0.15, -0.1) is 0 Å². The Morgan fingerprint density at radius 1 is 1.80 bits per heavy atom. The van der Waals surface area contributed by atoms with Gasteiger partial charge in [0.2, 0.25) is 0 Å². The minimum Gasteiger partial charge on any atom is -0.481 e. The van der Waals surface area contributed by atoms with Crippen LogP contribution in [0.4, 0.5) is 0 Å². The topological polar surface area (TPSA) is 37.3 Å². The molecule has 1 unspecified atom stereocenters. The standard InChI is InChI=1S/C7H7BrO2/c1-4-2-3-5(6(4)8)7(9)10/h2-3,5H,1H3,(H,9,10). The van der Waals surface area contributed by atoms with E-state index in [4.69, 9.17) is 5.11 Å². The van der Waals surface area contributed by atoms with E-state index in [0.717, 1.165) is 10.1 Å². The van der Waals surface area contributed by atoms with Crippen molar-refractivity contribution in [2.24, 2.45) is 5.92 Å². The lowest BCUT2D eigenvalue weighted by Crippen LogP contribution is -2.08. The van der Waals surface area contributed by atoms with Crippen LogP contribution in [0.1, 0.15) is 6.92 Å². The van der Waals surface area contributed by atoms with Crippen molar-refractivity contribution in [2.75, 3.05) is 0 Å².